The van der Waals surface area contributed by atoms with Crippen LogP contribution in [0.2, 0.25) is 0 Å². The van der Waals surface area contributed by atoms with Crippen LogP contribution in [0.25, 0.3) is 0 Å². The lowest BCUT2D eigenvalue weighted by atomic mass is 9.75. The minimum absolute atomic E-state index is 0.484. The molecule has 1 saturated carbocycles. The van der Waals surface area contributed by atoms with Crippen molar-refractivity contribution in [1.29, 1.82) is 0 Å². The fourth-order valence-corrected chi connectivity index (χ4v) is 2.50. The number of anilines is 1. The Labute approximate surface area is 91.7 Å². The van der Waals surface area contributed by atoms with Crippen LogP contribution in [0.5, 0.6) is 0 Å². The van der Waals surface area contributed by atoms with E-state index in [0.717, 1.165) is 11.6 Å². The van der Waals surface area contributed by atoms with Gasteiger partial charge >= 0.3 is 0 Å². The largest absolute Gasteiger partial charge is 0.353 e. The zero-order valence-electron chi connectivity index (χ0n) is 9.93. The molecule has 0 radical (unpaired) electrons. The van der Waals surface area contributed by atoms with E-state index in [1.807, 2.05) is 13.1 Å². The maximum Gasteiger partial charge on any atom is 0.200 e. The van der Waals surface area contributed by atoms with Gasteiger partial charge in [-0.1, -0.05) is 20.3 Å². The van der Waals surface area contributed by atoms with E-state index in [1.165, 1.54) is 25.7 Å². The number of aryl methyl sites for hydroxylation is 1. The highest BCUT2D eigenvalue weighted by molar-refractivity contribution is 5.27. The summed E-state index contributed by atoms with van der Waals surface area (Å²) in [5, 5.41) is 3.49. The monoisotopic (exact) mass is 207 g/mol. The van der Waals surface area contributed by atoms with Crippen LogP contribution in [-0.4, -0.2) is 16.0 Å². The molecule has 1 atom stereocenters. The third-order valence-electron chi connectivity index (χ3n) is 3.25. The summed E-state index contributed by atoms with van der Waals surface area (Å²) in [5.41, 5.74) is 1.60. The van der Waals surface area contributed by atoms with Crippen molar-refractivity contribution in [3.05, 3.63) is 11.9 Å². The van der Waals surface area contributed by atoms with E-state index in [4.69, 9.17) is 0 Å². The number of nitrogens with one attached hydrogen (secondary N) is 2. The molecule has 1 aromatic rings. The third-order valence-corrected chi connectivity index (χ3v) is 3.25. The zero-order chi connectivity index (χ0) is 10.9. The topological polar surface area (TPSA) is 40.7 Å². The van der Waals surface area contributed by atoms with Crippen molar-refractivity contribution in [2.75, 3.05) is 5.32 Å². The lowest BCUT2D eigenvalue weighted by Crippen LogP contribution is -2.32. The van der Waals surface area contributed by atoms with Gasteiger partial charge in [-0.3, -0.25) is 0 Å². The van der Waals surface area contributed by atoms with Gasteiger partial charge < -0.3 is 10.3 Å². The molecule has 1 aliphatic carbocycles. The molecular formula is C12H21N3. The van der Waals surface area contributed by atoms with Gasteiger partial charge in [0.1, 0.15) is 0 Å². The van der Waals surface area contributed by atoms with E-state index < -0.39 is 0 Å². The second-order valence-electron chi connectivity index (χ2n) is 5.52. The van der Waals surface area contributed by atoms with E-state index in [2.05, 4.69) is 29.1 Å². The number of nitrogens with zero attached hydrogens (tertiary/aromatic N) is 1. The van der Waals surface area contributed by atoms with Crippen LogP contribution in [0.4, 0.5) is 5.95 Å². The highest BCUT2D eigenvalue weighted by atomic mass is 15.1. The summed E-state index contributed by atoms with van der Waals surface area (Å²) < 4.78 is 0. The molecule has 1 heterocycles. The molecule has 3 nitrogen and oxygen atoms in total. The normalized spacial score (nSPS) is 25.1. The Kier molecular flexibility index (Phi) is 2.72. The van der Waals surface area contributed by atoms with Crippen LogP contribution in [0.15, 0.2) is 6.20 Å². The number of rotatable bonds is 2. The Morgan fingerprint density at radius 1 is 1.53 bits per heavy atom. The van der Waals surface area contributed by atoms with Crippen molar-refractivity contribution in [2.24, 2.45) is 5.41 Å². The van der Waals surface area contributed by atoms with Crippen molar-refractivity contribution >= 4 is 5.95 Å². The highest BCUT2D eigenvalue weighted by Gasteiger charge is 2.28. The minimum Gasteiger partial charge on any atom is -0.353 e. The van der Waals surface area contributed by atoms with Crippen LogP contribution in [-0.2, 0) is 0 Å². The first-order valence-corrected chi connectivity index (χ1v) is 5.83. The number of H-pyrrole nitrogens is 1. The summed E-state index contributed by atoms with van der Waals surface area (Å²) in [6.45, 7) is 6.74. The lowest BCUT2D eigenvalue weighted by molar-refractivity contribution is 0.229. The molecule has 2 N–H and O–H groups in total. The number of aromatic nitrogens is 2. The molecule has 1 unspecified atom stereocenters. The first kappa shape index (κ1) is 10.5. The fourth-order valence-electron chi connectivity index (χ4n) is 2.50. The molecule has 84 valence electrons. The molecule has 0 spiro atoms. The highest BCUT2D eigenvalue weighted by Crippen LogP contribution is 2.35. The van der Waals surface area contributed by atoms with Crippen molar-refractivity contribution in [1.82, 2.24) is 9.97 Å². The van der Waals surface area contributed by atoms with Crippen molar-refractivity contribution in [3.63, 3.8) is 0 Å². The second-order valence-corrected chi connectivity index (χ2v) is 5.52. The van der Waals surface area contributed by atoms with Crippen molar-refractivity contribution in [2.45, 2.75) is 52.5 Å². The lowest BCUT2D eigenvalue weighted by Gasteiger charge is -2.35. The number of hydrogen-bond acceptors (Lipinski definition) is 2. The first-order chi connectivity index (χ1) is 7.05. The summed E-state index contributed by atoms with van der Waals surface area (Å²) in [6, 6.07) is 0.583. The van der Waals surface area contributed by atoms with Gasteiger partial charge in [0.25, 0.3) is 0 Å². The Morgan fingerprint density at radius 3 is 2.93 bits per heavy atom. The Morgan fingerprint density at radius 2 is 2.33 bits per heavy atom. The summed E-state index contributed by atoms with van der Waals surface area (Å²) in [4.78, 5) is 7.52. The van der Waals surface area contributed by atoms with Gasteiger partial charge in [-0.15, -0.1) is 0 Å². The van der Waals surface area contributed by atoms with Gasteiger partial charge in [-0.05, 0) is 31.6 Å². The standard InChI is InChI=1S/C12H21N3/c1-9-8-13-11(14-9)15-10-5-4-6-12(2,3)7-10/h8,10H,4-7H2,1-3H3,(H2,13,14,15). The molecule has 0 bridgehead atoms. The van der Waals surface area contributed by atoms with E-state index in [1.54, 1.807) is 0 Å². The Bertz CT molecular complexity index is 327. The summed E-state index contributed by atoms with van der Waals surface area (Å²) in [6.07, 6.45) is 7.05. The van der Waals surface area contributed by atoms with Crippen LogP contribution < -0.4 is 5.32 Å². The molecule has 0 aliphatic heterocycles. The van der Waals surface area contributed by atoms with Crippen LogP contribution in [0, 0.1) is 12.3 Å². The maximum absolute atomic E-state index is 4.29. The smallest absolute Gasteiger partial charge is 0.200 e. The van der Waals surface area contributed by atoms with E-state index in [9.17, 15) is 0 Å². The van der Waals surface area contributed by atoms with Crippen LogP contribution >= 0.6 is 0 Å². The number of imidazole rings is 1. The van der Waals surface area contributed by atoms with E-state index >= 15 is 0 Å². The van der Waals surface area contributed by atoms with Crippen molar-refractivity contribution < 1.29 is 0 Å². The molecule has 0 amide bonds. The fraction of sp³-hybridized carbons (Fsp3) is 0.750. The first-order valence-electron chi connectivity index (χ1n) is 5.83. The SMILES string of the molecule is Cc1cnc(NC2CCCC(C)(C)C2)[nH]1. The molecular weight excluding hydrogens is 186 g/mol. The summed E-state index contributed by atoms with van der Waals surface area (Å²) in [7, 11) is 0. The quantitative estimate of drug-likeness (QED) is 0.782. The molecule has 0 aromatic carbocycles. The van der Waals surface area contributed by atoms with Crippen molar-refractivity contribution in [3.8, 4) is 0 Å². The average Bonchev–Trinajstić information content (AvgIpc) is 2.49. The number of hydrogen-bond donors (Lipinski definition) is 2. The zero-order valence-corrected chi connectivity index (χ0v) is 9.93. The van der Waals surface area contributed by atoms with Crippen LogP contribution in [0.3, 0.4) is 0 Å². The summed E-state index contributed by atoms with van der Waals surface area (Å²) in [5.74, 6) is 0.926. The average molecular weight is 207 g/mol. The molecule has 0 saturated heterocycles. The van der Waals surface area contributed by atoms with Gasteiger partial charge in [0.05, 0.1) is 0 Å². The molecule has 15 heavy (non-hydrogen) atoms. The second kappa shape index (κ2) is 3.87. The van der Waals surface area contributed by atoms with Gasteiger partial charge in [-0.25, -0.2) is 4.98 Å². The Balaban J connectivity index is 1.95. The van der Waals surface area contributed by atoms with E-state index in [0.29, 0.717) is 11.5 Å². The van der Waals surface area contributed by atoms with Gasteiger partial charge in [-0.2, -0.15) is 0 Å². The molecule has 3 heteroatoms. The maximum atomic E-state index is 4.29. The number of aromatic amines is 1. The van der Waals surface area contributed by atoms with E-state index in [-0.39, 0.29) is 0 Å². The molecule has 1 fully saturated rings. The molecule has 1 aromatic heterocycles. The minimum atomic E-state index is 0.484. The summed E-state index contributed by atoms with van der Waals surface area (Å²) >= 11 is 0. The van der Waals surface area contributed by atoms with Crippen LogP contribution in [0.1, 0.15) is 45.2 Å². The molecule has 2 rings (SSSR count). The van der Waals surface area contributed by atoms with Gasteiger partial charge in [0, 0.05) is 17.9 Å². The molecule has 1 aliphatic rings. The third kappa shape index (κ3) is 2.74. The van der Waals surface area contributed by atoms with Gasteiger partial charge in [0.2, 0.25) is 5.95 Å². The predicted octanol–water partition coefficient (Wildman–Crippen LogP) is 3.10. The Hall–Kier alpha value is -0.990. The predicted molar refractivity (Wildman–Crippen MR) is 63.0 cm³/mol. The van der Waals surface area contributed by atoms with Gasteiger partial charge in [0.15, 0.2) is 0 Å².